The summed E-state index contributed by atoms with van der Waals surface area (Å²) in [7, 11) is -3.55. The summed E-state index contributed by atoms with van der Waals surface area (Å²) in [6, 6.07) is 5.75. The Morgan fingerprint density at radius 1 is 1.12 bits per heavy atom. The molecule has 24 heavy (non-hydrogen) atoms. The van der Waals surface area contributed by atoms with Crippen molar-refractivity contribution in [1.29, 1.82) is 0 Å². The van der Waals surface area contributed by atoms with Gasteiger partial charge in [0.15, 0.2) is 0 Å². The number of amides is 1. The van der Waals surface area contributed by atoms with Crippen molar-refractivity contribution in [2.75, 3.05) is 11.9 Å². The number of nitrogens with one attached hydrogen (secondary N) is 2. The van der Waals surface area contributed by atoms with Gasteiger partial charge in [-0.3, -0.25) is 9.59 Å². The summed E-state index contributed by atoms with van der Waals surface area (Å²) < 4.78 is 26.1. The van der Waals surface area contributed by atoms with Gasteiger partial charge in [0.25, 0.3) is 0 Å². The Morgan fingerprint density at radius 3 is 2.25 bits per heavy atom. The lowest BCUT2D eigenvalue weighted by Gasteiger charge is -2.24. The summed E-state index contributed by atoms with van der Waals surface area (Å²) in [5.41, 5.74) is 0.425. The molecule has 0 unspecified atom stereocenters. The fraction of sp³-hybridized carbons (Fsp3) is 0.375. The van der Waals surface area contributed by atoms with E-state index in [4.69, 9.17) is 0 Å². The van der Waals surface area contributed by atoms with E-state index >= 15 is 0 Å². The normalized spacial score (nSPS) is 20.5. The molecule has 8 heteroatoms. The number of carboxylic acid groups (broad SMARTS) is 1. The molecule has 0 aliphatic heterocycles. The third-order valence-corrected chi connectivity index (χ3v) is 5.41. The molecule has 7 nitrogen and oxygen atoms in total. The van der Waals surface area contributed by atoms with Crippen molar-refractivity contribution in [3.8, 4) is 0 Å². The fourth-order valence-corrected chi connectivity index (χ4v) is 3.64. The molecule has 2 rings (SSSR count). The van der Waals surface area contributed by atoms with Crippen LogP contribution in [0, 0.1) is 11.8 Å². The Balaban J connectivity index is 2.09. The number of aliphatic carboxylic acids is 1. The van der Waals surface area contributed by atoms with Crippen LogP contribution < -0.4 is 10.0 Å². The standard InChI is InChI=1S/C16H20N2O5S/c1-2-17-24(22,23)12-9-7-11(8-10-12)18-15(19)13-5-3-4-6-14(13)16(20)21/h3-4,7-10,13-14,17H,2,5-6H2,1H3,(H,18,19)(H,20,21)/t13-,14-/m1/s1. The molecule has 130 valence electrons. The first-order chi connectivity index (χ1) is 11.3. The quantitative estimate of drug-likeness (QED) is 0.673. The summed E-state index contributed by atoms with van der Waals surface area (Å²) in [5.74, 6) is -2.76. The fourth-order valence-electron chi connectivity index (χ4n) is 2.60. The number of rotatable bonds is 6. The Hall–Kier alpha value is -2.19. The van der Waals surface area contributed by atoms with Crippen LogP contribution in [0.25, 0.3) is 0 Å². The minimum Gasteiger partial charge on any atom is -0.481 e. The van der Waals surface area contributed by atoms with Crippen LogP contribution in [0.2, 0.25) is 0 Å². The van der Waals surface area contributed by atoms with Crippen LogP contribution >= 0.6 is 0 Å². The van der Waals surface area contributed by atoms with E-state index < -0.39 is 27.8 Å². The van der Waals surface area contributed by atoms with Crippen molar-refractivity contribution in [2.45, 2.75) is 24.7 Å². The first kappa shape index (κ1) is 18.2. The van der Waals surface area contributed by atoms with Crippen molar-refractivity contribution in [1.82, 2.24) is 4.72 Å². The maximum Gasteiger partial charge on any atom is 0.307 e. The van der Waals surface area contributed by atoms with E-state index in [1.807, 2.05) is 0 Å². The third kappa shape index (κ3) is 4.21. The van der Waals surface area contributed by atoms with Gasteiger partial charge in [0.1, 0.15) is 0 Å². The van der Waals surface area contributed by atoms with Crippen LogP contribution in [-0.2, 0) is 19.6 Å². The van der Waals surface area contributed by atoms with Gasteiger partial charge in [0.2, 0.25) is 15.9 Å². The highest BCUT2D eigenvalue weighted by molar-refractivity contribution is 7.89. The first-order valence-corrected chi connectivity index (χ1v) is 9.12. The van der Waals surface area contributed by atoms with Crippen LogP contribution in [0.1, 0.15) is 19.8 Å². The number of carbonyl (C=O) groups excluding carboxylic acids is 1. The predicted molar refractivity (Wildman–Crippen MR) is 88.9 cm³/mol. The average molecular weight is 352 g/mol. The van der Waals surface area contributed by atoms with Gasteiger partial charge in [-0.1, -0.05) is 19.1 Å². The second kappa shape index (κ2) is 7.59. The Labute approximate surface area is 140 Å². The number of hydrogen-bond donors (Lipinski definition) is 3. The molecule has 1 aromatic rings. The lowest BCUT2D eigenvalue weighted by atomic mass is 9.82. The molecule has 1 aromatic carbocycles. The average Bonchev–Trinajstić information content (AvgIpc) is 2.55. The van der Waals surface area contributed by atoms with Gasteiger partial charge >= 0.3 is 5.97 Å². The number of carboxylic acids is 1. The number of hydrogen-bond acceptors (Lipinski definition) is 4. The Morgan fingerprint density at radius 2 is 1.71 bits per heavy atom. The number of allylic oxidation sites excluding steroid dienone is 2. The monoisotopic (exact) mass is 352 g/mol. The number of benzene rings is 1. The molecule has 0 radical (unpaired) electrons. The van der Waals surface area contributed by atoms with Crippen LogP contribution in [0.15, 0.2) is 41.3 Å². The predicted octanol–water partition coefficient (Wildman–Crippen LogP) is 1.59. The molecule has 0 spiro atoms. The van der Waals surface area contributed by atoms with Gasteiger partial charge in [0.05, 0.1) is 16.7 Å². The van der Waals surface area contributed by atoms with Crippen LogP contribution in [0.5, 0.6) is 0 Å². The van der Waals surface area contributed by atoms with Crippen molar-refractivity contribution < 1.29 is 23.1 Å². The van der Waals surface area contributed by atoms with E-state index in [0.29, 0.717) is 18.5 Å². The summed E-state index contributed by atoms with van der Waals surface area (Å²) in [4.78, 5) is 23.7. The molecule has 0 heterocycles. The summed E-state index contributed by atoms with van der Waals surface area (Å²) in [6.45, 7) is 1.97. The highest BCUT2D eigenvalue weighted by Gasteiger charge is 2.33. The van der Waals surface area contributed by atoms with Crippen LogP contribution in [0.4, 0.5) is 5.69 Å². The summed E-state index contributed by atoms with van der Waals surface area (Å²) >= 11 is 0. The van der Waals surface area contributed by atoms with Gasteiger partial charge in [-0.2, -0.15) is 0 Å². The molecule has 1 amide bonds. The Kier molecular flexibility index (Phi) is 5.74. The molecule has 3 N–H and O–H groups in total. The highest BCUT2D eigenvalue weighted by Crippen LogP contribution is 2.27. The van der Waals surface area contributed by atoms with Crippen molar-refractivity contribution in [3.05, 3.63) is 36.4 Å². The second-order valence-electron chi connectivity index (χ2n) is 5.51. The lowest BCUT2D eigenvalue weighted by molar-refractivity contribution is -0.146. The van der Waals surface area contributed by atoms with Gasteiger partial charge in [-0.05, 0) is 37.1 Å². The van der Waals surface area contributed by atoms with Gasteiger partial charge in [-0.25, -0.2) is 13.1 Å². The molecule has 0 fully saturated rings. The maximum absolute atomic E-state index is 12.3. The molecule has 1 aliphatic rings. The van der Waals surface area contributed by atoms with Gasteiger partial charge in [-0.15, -0.1) is 0 Å². The molecular weight excluding hydrogens is 332 g/mol. The molecule has 1 aliphatic carbocycles. The summed E-state index contributed by atoms with van der Waals surface area (Å²) in [6.07, 6.45) is 4.27. The SMILES string of the molecule is CCNS(=O)(=O)c1ccc(NC(=O)[C@@H]2CC=CC[C@H]2C(=O)O)cc1. The highest BCUT2D eigenvalue weighted by atomic mass is 32.2. The maximum atomic E-state index is 12.3. The zero-order valence-corrected chi connectivity index (χ0v) is 14.0. The molecule has 0 saturated carbocycles. The summed E-state index contributed by atoms with van der Waals surface area (Å²) in [5, 5.41) is 11.9. The van der Waals surface area contributed by atoms with Crippen molar-refractivity contribution in [2.24, 2.45) is 11.8 Å². The van der Waals surface area contributed by atoms with Gasteiger partial charge < -0.3 is 10.4 Å². The number of anilines is 1. The zero-order chi connectivity index (χ0) is 17.7. The van der Waals surface area contributed by atoms with E-state index in [0.717, 1.165) is 0 Å². The smallest absolute Gasteiger partial charge is 0.307 e. The lowest BCUT2D eigenvalue weighted by Crippen LogP contribution is -2.34. The minimum atomic E-state index is -3.55. The molecule has 2 atom stereocenters. The largest absolute Gasteiger partial charge is 0.481 e. The molecule has 0 saturated heterocycles. The Bertz CT molecular complexity index is 740. The van der Waals surface area contributed by atoms with E-state index in [1.54, 1.807) is 19.1 Å². The number of sulfonamides is 1. The first-order valence-electron chi connectivity index (χ1n) is 7.63. The van der Waals surface area contributed by atoms with Crippen LogP contribution in [0.3, 0.4) is 0 Å². The second-order valence-corrected chi connectivity index (χ2v) is 7.28. The minimum absolute atomic E-state index is 0.103. The van der Waals surface area contributed by atoms with Gasteiger partial charge in [0, 0.05) is 12.2 Å². The third-order valence-electron chi connectivity index (χ3n) is 3.85. The topological polar surface area (TPSA) is 113 Å². The molecular formula is C16H20N2O5S. The van der Waals surface area contributed by atoms with E-state index in [2.05, 4.69) is 10.0 Å². The van der Waals surface area contributed by atoms with E-state index in [-0.39, 0.29) is 17.3 Å². The zero-order valence-electron chi connectivity index (χ0n) is 13.2. The molecule has 0 aromatic heterocycles. The van der Waals surface area contributed by atoms with E-state index in [9.17, 15) is 23.1 Å². The molecule has 0 bridgehead atoms. The van der Waals surface area contributed by atoms with Crippen molar-refractivity contribution >= 4 is 27.6 Å². The van der Waals surface area contributed by atoms with E-state index in [1.165, 1.54) is 24.3 Å². The van der Waals surface area contributed by atoms with Crippen molar-refractivity contribution in [3.63, 3.8) is 0 Å². The number of carbonyl (C=O) groups is 2. The van der Waals surface area contributed by atoms with Crippen LogP contribution in [-0.4, -0.2) is 31.9 Å².